The molecule has 0 saturated carbocycles. The van der Waals surface area contributed by atoms with Crippen molar-refractivity contribution in [1.29, 1.82) is 0 Å². The second-order valence-electron chi connectivity index (χ2n) is 8.13. The van der Waals surface area contributed by atoms with Crippen LogP contribution in [0.1, 0.15) is 12.0 Å². The summed E-state index contributed by atoms with van der Waals surface area (Å²) in [5.74, 6) is 0.176. The molecule has 176 valence electrons. The van der Waals surface area contributed by atoms with E-state index in [-0.39, 0.29) is 0 Å². The van der Waals surface area contributed by atoms with Crippen LogP contribution in [-0.4, -0.2) is 66.3 Å². The molecule has 1 saturated heterocycles. The van der Waals surface area contributed by atoms with Gasteiger partial charge < -0.3 is 15.8 Å². The van der Waals surface area contributed by atoms with Gasteiger partial charge in [0.1, 0.15) is 17.6 Å². The highest BCUT2D eigenvalue weighted by Crippen LogP contribution is 2.27. The summed E-state index contributed by atoms with van der Waals surface area (Å²) >= 11 is 0. The maximum atomic E-state index is 12.5. The van der Waals surface area contributed by atoms with Crippen molar-refractivity contribution in [1.82, 2.24) is 24.2 Å². The van der Waals surface area contributed by atoms with E-state index < -0.39 is 27.9 Å². The van der Waals surface area contributed by atoms with Crippen LogP contribution in [0.15, 0.2) is 42.9 Å². The lowest BCUT2D eigenvalue weighted by Gasteiger charge is -2.35. The smallest absolute Gasteiger partial charge is 0.239 e. The first-order chi connectivity index (χ1) is 15.7. The molecule has 1 aliphatic heterocycles. The van der Waals surface area contributed by atoms with Crippen LogP contribution in [0.25, 0.3) is 5.52 Å². The number of nitrogens with two attached hydrogens (primary N) is 1. The number of nitrogens with zero attached hydrogens (tertiary/aromatic N) is 4. The van der Waals surface area contributed by atoms with Gasteiger partial charge in [0, 0.05) is 43.6 Å². The number of benzene rings is 1. The van der Waals surface area contributed by atoms with Crippen molar-refractivity contribution in [2.75, 3.05) is 31.8 Å². The quantitative estimate of drug-likeness (QED) is 0.452. The third-order valence-corrected chi connectivity index (χ3v) is 6.21. The second-order valence-corrected chi connectivity index (χ2v) is 9.88. The van der Waals surface area contributed by atoms with E-state index in [0.717, 1.165) is 28.8 Å². The molecular weight excluding hydrogens is 446 g/mol. The number of fused-ring (bicyclic) bond motifs is 1. The molecule has 3 heterocycles. The van der Waals surface area contributed by atoms with Gasteiger partial charge in [-0.2, -0.15) is 5.10 Å². The third-order valence-electron chi connectivity index (χ3n) is 5.64. The molecule has 2 unspecified atom stereocenters. The molecule has 2 atom stereocenters. The first-order valence-electron chi connectivity index (χ1n) is 10.5. The minimum atomic E-state index is -3.64. The maximum absolute atomic E-state index is 12.5. The predicted octanol–water partition coefficient (Wildman–Crippen LogP) is 0.707. The number of hydrogen-bond donors (Lipinski definition) is 3. The van der Waals surface area contributed by atoms with Crippen molar-refractivity contribution in [2.24, 2.45) is 11.7 Å². The number of likely N-dealkylation sites (tertiary alicyclic amines) is 1. The van der Waals surface area contributed by atoms with Gasteiger partial charge >= 0.3 is 0 Å². The van der Waals surface area contributed by atoms with Gasteiger partial charge in [-0.3, -0.25) is 14.4 Å². The van der Waals surface area contributed by atoms with Crippen molar-refractivity contribution in [2.45, 2.75) is 19.0 Å². The Labute approximate surface area is 192 Å². The number of methoxy groups -OCH3 is 1. The average molecular weight is 474 g/mol. The fourth-order valence-electron chi connectivity index (χ4n) is 4.03. The molecule has 0 spiro atoms. The highest BCUT2D eigenvalue weighted by molar-refractivity contribution is 7.89. The Morgan fingerprint density at radius 2 is 2.15 bits per heavy atom. The summed E-state index contributed by atoms with van der Waals surface area (Å²) in [5, 5.41) is 7.62. The van der Waals surface area contributed by atoms with E-state index in [9.17, 15) is 13.2 Å². The Hall–Kier alpha value is -3.22. The van der Waals surface area contributed by atoms with Gasteiger partial charge in [-0.1, -0.05) is 6.07 Å². The largest absolute Gasteiger partial charge is 0.497 e. The topological polar surface area (TPSA) is 144 Å². The van der Waals surface area contributed by atoms with Crippen molar-refractivity contribution >= 4 is 33.0 Å². The van der Waals surface area contributed by atoms with E-state index in [1.807, 2.05) is 36.5 Å². The summed E-state index contributed by atoms with van der Waals surface area (Å²) in [5.41, 5.74) is 8.74. The average Bonchev–Trinajstić information content (AvgIpc) is 3.18. The lowest BCUT2D eigenvalue weighted by atomic mass is 9.92. The minimum absolute atomic E-state index is 0.353. The minimum Gasteiger partial charge on any atom is -0.497 e. The normalized spacial score (nSPS) is 19.4. The molecule has 4 N–H and O–H groups in total. The highest BCUT2D eigenvalue weighted by Gasteiger charge is 2.33. The molecule has 1 aromatic carbocycles. The SMILES string of the molecule is COc1cccc(Nc2ncnn3ccc(CN4CCC(N)C(C(=O)NS(C)(=O)=O)C4)c23)c1. The number of carbonyl (C=O) groups excluding carboxylic acids is 1. The summed E-state index contributed by atoms with van der Waals surface area (Å²) in [7, 11) is -2.03. The molecule has 12 heteroatoms. The zero-order valence-corrected chi connectivity index (χ0v) is 19.2. The van der Waals surface area contributed by atoms with Gasteiger partial charge in [-0.25, -0.2) is 17.9 Å². The Kier molecular flexibility index (Phi) is 6.49. The van der Waals surface area contributed by atoms with Crippen molar-refractivity contribution < 1.29 is 17.9 Å². The van der Waals surface area contributed by atoms with Crippen LogP contribution in [-0.2, 0) is 21.4 Å². The van der Waals surface area contributed by atoms with Crippen molar-refractivity contribution in [3.05, 3.63) is 48.4 Å². The number of ether oxygens (including phenoxy) is 1. The van der Waals surface area contributed by atoms with Crippen LogP contribution >= 0.6 is 0 Å². The maximum Gasteiger partial charge on any atom is 0.239 e. The number of nitrogens with one attached hydrogen (secondary N) is 2. The van der Waals surface area contributed by atoms with E-state index in [4.69, 9.17) is 10.5 Å². The van der Waals surface area contributed by atoms with Crippen LogP contribution < -0.4 is 20.5 Å². The highest BCUT2D eigenvalue weighted by atomic mass is 32.2. The Balaban J connectivity index is 1.56. The molecule has 11 nitrogen and oxygen atoms in total. The monoisotopic (exact) mass is 473 g/mol. The lowest BCUT2D eigenvalue weighted by molar-refractivity contribution is -0.125. The number of hydrogen-bond acceptors (Lipinski definition) is 9. The molecule has 1 fully saturated rings. The van der Waals surface area contributed by atoms with Gasteiger partial charge in [0.05, 0.1) is 19.3 Å². The molecular formula is C21H27N7O4S. The zero-order valence-electron chi connectivity index (χ0n) is 18.4. The Bertz CT molecular complexity index is 1260. The van der Waals surface area contributed by atoms with Crippen LogP contribution in [0.2, 0.25) is 0 Å². The number of piperidine rings is 1. The standard InChI is InChI=1S/C21H27N7O4S/c1-32-16-5-3-4-15(10-16)25-20-19-14(6-9-28(19)24-13-23-20)11-27-8-7-18(22)17(12-27)21(29)26-33(2,30)31/h3-6,9-10,13,17-18H,7-8,11-12,22H2,1-2H3,(H,26,29)(H,23,24,25). The molecule has 0 radical (unpaired) electrons. The van der Waals surface area contributed by atoms with E-state index in [1.54, 1.807) is 11.6 Å². The second kappa shape index (κ2) is 9.33. The zero-order chi connectivity index (χ0) is 23.6. The van der Waals surface area contributed by atoms with E-state index >= 15 is 0 Å². The number of carbonyl (C=O) groups is 1. The molecule has 4 rings (SSSR count). The van der Waals surface area contributed by atoms with E-state index in [2.05, 4.69) is 25.0 Å². The fraction of sp³-hybridized carbons (Fsp3) is 0.381. The molecule has 1 amide bonds. The number of rotatable bonds is 7. The predicted molar refractivity (Wildman–Crippen MR) is 124 cm³/mol. The van der Waals surface area contributed by atoms with E-state index in [0.29, 0.717) is 31.9 Å². The van der Waals surface area contributed by atoms with Crippen molar-refractivity contribution in [3.8, 4) is 5.75 Å². The first-order valence-corrected chi connectivity index (χ1v) is 12.3. The molecule has 3 aromatic rings. The number of sulfonamides is 1. The van der Waals surface area contributed by atoms with Crippen molar-refractivity contribution in [3.63, 3.8) is 0 Å². The summed E-state index contributed by atoms with van der Waals surface area (Å²) in [6.07, 6.45) is 4.87. The molecule has 33 heavy (non-hydrogen) atoms. The summed E-state index contributed by atoms with van der Waals surface area (Å²) < 4.78 is 32.1. The van der Waals surface area contributed by atoms with Crippen LogP contribution in [0.3, 0.4) is 0 Å². The van der Waals surface area contributed by atoms with Gasteiger partial charge in [0.25, 0.3) is 0 Å². The molecule has 0 bridgehead atoms. The van der Waals surface area contributed by atoms with Crippen LogP contribution in [0, 0.1) is 5.92 Å². The van der Waals surface area contributed by atoms with Crippen LogP contribution in [0.5, 0.6) is 5.75 Å². The lowest BCUT2D eigenvalue weighted by Crippen LogP contribution is -2.53. The molecule has 0 aliphatic carbocycles. The van der Waals surface area contributed by atoms with E-state index in [1.165, 1.54) is 6.33 Å². The number of anilines is 2. The Morgan fingerprint density at radius 3 is 2.91 bits per heavy atom. The first kappa shape index (κ1) is 23.0. The fourth-order valence-corrected chi connectivity index (χ4v) is 4.55. The number of amides is 1. The van der Waals surface area contributed by atoms with Crippen LogP contribution in [0.4, 0.5) is 11.5 Å². The number of aromatic nitrogens is 3. The van der Waals surface area contributed by atoms with Gasteiger partial charge in [0.2, 0.25) is 15.9 Å². The summed E-state index contributed by atoms with van der Waals surface area (Å²) in [4.78, 5) is 19.0. The summed E-state index contributed by atoms with van der Waals surface area (Å²) in [6.45, 7) is 1.58. The van der Waals surface area contributed by atoms with Gasteiger partial charge in [-0.15, -0.1) is 0 Å². The molecule has 1 aliphatic rings. The molecule has 2 aromatic heterocycles. The Morgan fingerprint density at radius 1 is 1.33 bits per heavy atom. The van der Waals surface area contributed by atoms with Gasteiger partial charge in [-0.05, 0) is 30.2 Å². The summed E-state index contributed by atoms with van der Waals surface area (Å²) in [6, 6.07) is 9.10. The van der Waals surface area contributed by atoms with Gasteiger partial charge in [0.15, 0.2) is 5.82 Å². The third kappa shape index (κ3) is 5.41.